The molecule has 1 aliphatic heterocycles. The lowest BCUT2D eigenvalue weighted by atomic mass is 9.98. The van der Waals surface area contributed by atoms with Gasteiger partial charge in [0.05, 0.1) is 0 Å². The molecule has 0 aliphatic carbocycles. The van der Waals surface area contributed by atoms with E-state index >= 15 is 0 Å². The summed E-state index contributed by atoms with van der Waals surface area (Å²) >= 11 is 0. The number of nitrogens with one attached hydrogen (secondary N) is 1. The molecule has 0 aromatic carbocycles. The Morgan fingerprint density at radius 3 is 2.46 bits per heavy atom. The molecular weight excluding hydrogens is 160 g/mol. The SMILES string of the molecule is CCC1CNCC1N(CC)C(C)C. The van der Waals surface area contributed by atoms with Crippen molar-refractivity contribution >= 4 is 0 Å². The van der Waals surface area contributed by atoms with E-state index in [1.54, 1.807) is 0 Å². The van der Waals surface area contributed by atoms with E-state index in [0.717, 1.165) is 12.0 Å². The molecule has 1 rings (SSSR count). The van der Waals surface area contributed by atoms with E-state index in [0.29, 0.717) is 6.04 Å². The molecule has 1 fully saturated rings. The first-order chi connectivity index (χ1) is 6.20. The molecular formula is C11H24N2. The first-order valence-corrected chi connectivity index (χ1v) is 5.67. The molecule has 0 amide bonds. The Hall–Kier alpha value is -0.0800. The summed E-state index contributed by atoms with van der Waals surface area (Å²) in [5.74, 6) is 0.863. The van der Waals surface area contributed by atoms with E-state index in [1.165, 1.54) is 26.1 Å². The normalized spacial score (nSPS) is 29.1. The van der Waals surface area contributed by atoms with Crippen LogP contribution in [0.3, 0.4) is 0 Å². The van der Waals surface area contributed by atoms with E-state index in [2.05, 4.69) is 37.9 Å². The zero-order valence-corrected chi connectivity index (χ0v) is 9.51. The van der Waals surface area contributed by atoms with Crippen LogP contribution in [0.1, 0.15) is 34.1 Å². The summed E-state index contributed by atoms with van der Waals surface area (Å²) in [6.07, 6.45) is 1.31. The third-order valence-electron chi connectivity index (χ3n) is 3.28. The fourth-order valence-corrected chi connectivity index (χ4v) is 2.51. The highest BCUT2D eigenvalue weighted by Gasteiger charge is 2.30. The van der Waals surface area contributed by atoms with Crippen LogP contribution in [-0.4, -0.2) is 36.6 Å². The maximum absolute atomic E-state index is 3.50. The van der Waals surface area contributed by atoms with Crippen molar-refractivity contribution in [2.24, 2.45) is 5.92 Å². The van der Waals surface area contributed by atoms with Crippen LogP contribution in [0.4, 0.5) is 0 Å². The average Bonchev–Trinajstić information content (AvgIpc) is 2.53. The van der Waals surface area contributed by atoms with Crippen LogP contribution >= 0.6 is 0 Å². The number of nitrogens with zero attached hydrogens (tertiary/aromatic N) is 1. The second kappa shape index (κ2) is 4.97. The minimum atomic E-state index is 0.684. The van der Waals surface area contributed by atoms with E-state index in [9.17, 15) is 0 Å². The van der Waals surface area contributed by atoms with Gasteiger partial charge in [0.25, 0.3) is 0 Å². The Balaban J connectivity index is 2.56. The topological polar surface area (TPSA) is 15.3 Å². The molecule has 2 atom stereocenters. The van der Waals surface area contributed by atoms with Gasteiger partial charge < -0.3 is 5.32 Å². The van der Waals surface area contributed by atoms with Gasteiger partial charge in [0.2, 0.25) is 0 Å². The standard InChI is InChI=1S/C11H24N2/c1-5-10-7-12-8-11(10)13(6-2)9(3)4/h9-12H,5-8H2,1-4H3. The molecule has 2 heteroatoms. The van der Waals surface area contributed by atoms with Crippen molar-refractivity contribution in [3.63, 3.8) is 0 Å². The summed E-state index contributed by atoms with van der Waals surface area (Å²) in [5.41, 5.74) is 0. The van der Waals surface area contributed by atoms with Gasteiger partial charge in [-0.1, -0.05) is 20.3 Å². The van der Waals surface area contributed by atoms with Crippen molar-refractivity contribution in [1.82, 2.24) is 10.2 Å². The van der Waals surface area contributed by atoms with Gasteiger partial charge in [-0.2, -0.15) is 0 Å². The average molecular weight is 184 g/mol. The highest BCUT2D eigenvalue weighted by molar-refractivity contribution is 4.88. The van der Waals surface area contributed by atoms with Gasteiger partial charge in [-0.3, -0.25) is 4.90 Å². The molecule has 0 aromatic heterocycles. The highest BCUT2D eigenvalue weighted by Crippen LogP contribution is 2.20. The van der Waals surface area contributed by atoms with E-state index in [4.69, 9.17) is 0 Å². The lowest BCUT2D eigenvalue weighted by Gasteiger charge is -2.34. The van der Waals surface area contributed by atoms with Crippen molar-refractivity contribution in [1.29, 1.82) is 0 Å². The molecule has 1 saturated heterocycles. The predicted octanol–water partition coefficient (Wildman–Crippen LogP) is 1.71. The minimum Gasteiger partial charge on any atom is -0.315 e. The van der Waals surface area contributed by atoms with E-state index in [-0.39, 0.29) is 0 Å². The lowest BCUT2D eigenvalue weighted by molar-refractivity contribution is 0.139. The molecule has 0 bridgehead atoms. The Morgan fingerprint density at radius 2 is 2.00 bits per heavy atom. The Kier molecular flexibility index (Phi) is 4.20. The smallest absolute Gasteiger partial charge is 0.0263 e. The van der Waals surface area contributed by atoms with Crippen LogP contribution in [0, 0.1) is 5.92 Å². The molecule has 0 spiro atoms. The van der Waals surface area contributed by atoms with Crippen molar-refractivity contribution < 1.29 is 0 Å². The first-order valence-electron chi connectivity index (χ1n) is 5.67. The summed E-state index contributed by atoms with van der Waals surface area (Å²) in [7, 11) is 0. The minimum absolute atomic E-state index is 0.684. The summed E-state index contributed by atoms with van der Waals surface area (Å²) in [6.45, 7) is 12.8. The molecule has 1 N–H and O–H groups in total. The summed E-state index contributed by atoms with van der Waals surface area (Å²) in [5, 5.41) is 3.50. The molecule has 2 nitrogen and oxygen atoms in total. The van der Waals surface area contributed by atoms with E-state index in [1.807, 2.05) is 0 Å². The third-order valence-corrected chi connectivity index (χ3v) is 3.28. The molecule has 2 unspecified atom stereocenters. The maximum atomic E-state index is 3.50. The number of hydrogen-bond acceptors (Lipinski definition) is 2. The van der Waals surface area contributed by atoms with Crippen LogP contribution < -0.4 is 5.32 Å². The largest absolute Gasteiger partial charge is 0.315 e. The van der Waals surface area contributed by atoms with Crippen molar-refractivity contribution in [3.05, 3.63) is 0 Å². The number of hydrogen-bond donors (Lipinski definition) is 1. The summed E-state index contributed by atoms with van der Waals surface area (Å²) in [6, 6.07) is 1.46. The fourth-order valence-electron chi connectivity index (χ4n) is 2.51. The molecule has 0 radical (unpaired) electrons. The fraction of sp³-hybridized carbons (Fsp3) is 1.00. The summed E-state index contributed by atoms with van der Waals surface area (Å²) in [4.78, 5) is 2.62. The summed E-state index contributed by atoms with van der Waals surface area (Å²) < 4.78 is 0. The van der Waals surface area contributed by atoms with Crippen molar-refractivity contribution in [2.75, 3.05) is 19.6 Å². The van der Waals surface area contributed by atoms with Gasteiger partial charge >= 0.3 is 0 Å². The van der Waals surface area contributed by atoms with Gasteiger partial charge in [0, 0.05) is 18.6 Å². The number of likely N-dealkylation sites (N-methyl/N-ethyl adjacent to an activating group) is 1. The molecule has 0 saturated carbocycles. The third kappa shape index (κ3) is 2.44. The Bertz CT molecular complexity index is 145. The molecule has 1 aliphatic rings. The van der Waals surface area contributed by atoms with Gasteiger partial charge in [-0.25, -0.2) is 0 Å². The van der Waals surface area contributed by atoms with Crippen LogP contribution in [0.5, 0.6) is 0 Å². The predicted molar refractivity (Wildman–Crippen MR) is 58.0 cm³/mol. The maximum Gasteiger partial charge on any atom is 0.0263 e. The zero-order chi connectivity index (χ0) is 9.84. The molecule has 1 heterocycles. The van der Waals surface area contributed by atoms with Crippen LogP contribution in [-0.2, 0) is 0 Å². The van der Waals surface area contributed by atoms with Crippen molar-refractivity contribution in [2.45, 2.75) is 46.2 Å². The van der Waals surface area contributed by atoms with Crippen molar-refractivity contribution in [3.8, 4) is 0 Å². The Morgan fingerprint density at radius 1 is 1.31 bits per heavy atom. The number of rotatable bonds is 4. The monoisotopic (exact) mass is 184 g/mol. The quantitative estimate of drug-likeness (QED) is 0.715. The van der Waals surface area contributed by atoms with Gasteiger partial charge in [0.15, 0.2) is 0 Å². The van der Waals surface area contributed by atoms with Crippen LogP contribution in [0.25, 0.3) is 0 Å². The second-order valence-electron chi connectivity index (χ2n) is 4.32. The van der Waals surface area contributed by atoms with Crippen LogP contribution in [0.15, 0.2) is 0 Å². The molecule has 13 heavy (non-hydrogen) atoms. The van der Waals surface area contributed by atoms with Gasteiger partial charge in [-0.05, 0) is 32.9 Å². The molecule has 78 valence electrons. The van der Waals surface area contributed by atoms with Gasteiger partial charge in [0.1, 0.15) is 0 Å². The second-order valence-corrected chi connectivity index (χ2v) is 4.32. The first kappa shape index (κ1) is 11.0. The van der Waals surface area contributed by atoms with Crippen LogP contribution in [0.2, 0.25) is 0 Å². The lowest BCUT2D eigenvalue weighted by Crippen LogP contribution is -2.44. The van der Waals surface area contributed by atoms with E-state index < -0.39 is 0 Å². The Labute approximate surface area is 82.7 Å². The molecule has 0 aromatic rings. The zero-order valence-electron chi connectivity index (χ0n) is 9.51. The highest BCUT2D eigenvalue weighted by atomic mass is 15.2. The van der Waals surface area contributed by atoms with Gasteiger partial charge in [-0.15, -0.1) is 0 Å².